The van der Waals surface area contributed by atoms with Crippen LogP contribution in [0, 0.1) is 24.2 Å². The predicted molar refractivity (Wildman–Crippen MR) is 77.3 cm³/mol. The Morgan fingerprint density at radius 3 is 2.81 bits per heavy atom. The molecule has 2 aromatic rings. The summed E-state index contributed by atoms with van der Waals surface area (Å²) in [6.07, 6.45) is 4.51. The molecule has 0 radical (unpaired) electrons. The van der Waals surface area contributed by atoms with Gasteiger partial charge in [0.2, 0.25) is 5.78 Å². The van der Waals surface area contributed by atoms with E-state index in [-0.39, 0.29) is 5.76 Å². The van der Waals surface area contributed by atoms with Crippen LogP contribution in [0.2, 0.25) is 0 Å². The first-order chi connectivity index (χ1) is 10.1. The van der Waals surface area contributed by atoms with Gasteiger partial charge in [-0.25, -0.2) is 4.98 Å². The molecule has 0 N–H and O–H groups in total. The van der Waals surface area contributed by atoms with Gasteiger partial charge in [0, 0.05) is 6.20 Å². The summed E-state index contributed by atoms with van der Waals surface area (Å²) in [5.41, 5.74) is 0.615. The molecule has 0 saturated carbocycles. The summed E-state index contributed by atoms with van der Waals surface area (Å²) < 4.78 is 5.07. The van der Waals surface area contributed by atoms with E-state index >= 15 is 0 Å². The molecule has 0 unspecified atom stereocenters. The normalized spacial score (nSPS) is 11.9. The van der Waals surface area contributed by atoms with E-state index in [0.29, 0.717) is 10.4 Å². The smallest absolute Gasteiger partial charge is 0.223 e. The van der Waals surface area contributed by atoms with Gasteiger partial charge in [0.15, 0.2) is 17.5 Å². The van der Waals surface area contributed by atoms with Crippen molar-refractivity contribution in [2.24, 2.45) is 5.92 Å². The van der Waals surface area contributed by atoms with Crippen molar-refractivity contribution in [1.29, 1.82) is 5.26 Å². The van der Waals surface area contributed by atoms with Crippen molar-refractivity contribution in [1.82, 2.24) is 4.98 Å². The van der Waals surface area contributed by atoms with Gasteiger partial charge in [0.05, 0.1) is 22.2 Å². The molecule has 0 bridgehead atoms. The lowest BCUT2D eigenvalue weighted by Crippen LogP contribution is -2.22. The molecular weight excluding hydrogens is 288 g/mol. The van der Waals surface area contributed by atoms with E-state index in [1.807, 2.05) is 6.92 Å². The molecule has 0 saturated heterocycles. The third kappa shape index (κ3) is 3.09. The molecule has 6 heteroatoms. The Bertz CT molecular complexity index is 709. The molecule has 0 aliphatic carbocycles. The average Bonchev–Trinajstić information content (AvgIpc) is 3.08. The van der Waals surface area contributed by atoms with E-state index in [0.717, 1.165) is 17.8 Å². The fraction of sp³-hybridized carbons (Fsp3) is 0.333. The molecule has 2 heterocycles. The minimum absolute atomic E-state index is 0.0631. The Morgan fingerprint density at radius 1 is 1.48 bits per heavy atom. The number of thiazole rings is 1. The zero-order valence-corrected chi connectivity index (χ0v) is 12.6. The second-order valence-electron chi connectivity index (χ2n) is 4.59. The summed E-state index contributed by atoms with van der Waals surface area (Å²) in [5, 5.41) is 10.0. The lowest BCUT2D eigenvalue weighted by molar-refractivity contribution is 0.0830. The maximum absolute atomic E-state index is 12.3. The maximum atomic E-state index is 12.3. The number of nitrogens with zero attached hydrogens (tertiary/aromatic N) is 2. The van der Waals surface area contributed by atoms with Gasteiger partial charge in [0.1, 0.15) is 0 Å². The van der Waals surface area contributed by atoms with E-state index in [4.69, 9.17) is 4.42 Å². The zero-order valence-electron chi connectivity index (χ0n) is 11.8. The van der Waals surface area contributed by atoms with Gasteiger partial charge in [-0.1, -0.05) is 6.92 Å². The number of ketones is 2. The molecule has 0 fully saturated rings. The van der Waals surface area contributed by atoms with Gasteiger partial charge < -0.3 is 4.42 Å². The van der Waals surface area contributed by atoms with Crippen LogP contribution in [0.5, 0.6) is 0 Å². The van der Waals surface area contributed by atoms with Crippen LogP contribution in [0.1, 0.15) is 44.1 Å². The van der Waals surface area contributed by atoms with Crippen LogP contribution >= 0.6 is 11.3 Å². The highest BCUT2D eigenvalue weighted by atomic mass is 32.1. The number of aromatic nitrogens is 1. The van der Waals surface area contributed by atoms with Gasteiger partial charge >= 0.3 is 0 Å². The van der Waals surface area contributed by atoms with Crippen LogP contribution in [0.25, 0.3) is 0 Å². The molecule has 0 aliphatic rings. The van der Waals surface area contributed by atoms with E-state index < -0.39 is 17.5 Å². The minimum atomic E-state index is -1.38. The van der Waals surface area contributed by atoms with Crippen molar-refractivity contribution in [3.63, 3.8) is 0 Å². The third-order valence-corrected chi connectivity index (χ3v) is 4.07. The molecule has 0 aromatic carbocycles. The molecule has 21 heavy (non-hydrogen) atoms. The van der Waals surface area contributed by atoms with Crippen molar-refractivity contribution in [2.75, 3.05) is 0 Å². The van der Waals surface area contributed by atoms with Crippen LogP contribution < -0.4 is 0 Å². The van der Waals surface area contributed by atoms with E-state index in [1.165, 1.54) is 23.8 Å². The van der Waals surface area contributed by atoms with E-state index in [1.54, 1.807) is 19.1 Å². The van der Waals surface area contributed by atoms with Crippen molar-refractivity contribution in [3.05, 3.63) is 39.7 Å². The molecule has 0 amide bonds. The second-order valence-corrected chi connectivity index (χ2v) is 5.71. The van der Waals surface area contributed by atoms with Crippen LogP contribution in [0.4, 0.5) is 0 Å². The fourth-order valence-electron chi connectivity index (χ4n) is 1.89. The molecule has 5 nitrogen and oxygen atoms in total. The van der Waals surface area contributed by atoms with Crippen LogP contribution in [0.15, 0.2) is 22.9 Å². The molecular formula is C15H14N2O3S. The molecule has 108 valence electrons. The first kappa shape index (κ1) is 15.1. The summed E-state index contributed by atoms with van der Waals surface area (Å²) in [5.74, 6) is -2.44. The largest absolute Gasteiger partial charge is 0.461 e. The van der Waals surface area contributed by atoms with Crippen molar-refractivity contribution in [2.45, 2.75) is 26.7 Å². The van der Waals surface area contributed by atoms with Crippen LogP contribution in [0.3, 0.4) is 0 Å². The lowest BCUT2D eigenvalue weighted by Gasteiger charge is -2.04. The third-order valence-electron chi connectivity index (χ3n) is 3.00. The van der Waals surface area contributed by atoms with Crippen molar-refractivity contribution < 1.29 is 14.0 Å². The first-order valence-electron chi connectivity index (χ1n) is 6.55. The second kappa shape index (κ2) is 6.46. The Balaban J connectivity index is 2.24. The molecule has 2 rings (SSSR count). The summed E-state index contributed by atoms with van der Waals surface area (Å²) >= 11 is 1.23. The zero-order chi connectivity index (χ0) is 15.4. The van der Waals surface area contributed by atoms with E-state index in [2.05, 4.69) is 4.98 Å². The highest BCUT2D eigenvalue weighted by Crippen LogP contribution is 2.22. The maximum Gasteiger partial charge on any atom is 0.223 e. The van der Waals surface area contributed by atoms with Gasteiger partial charge in [-0.05, 0) is 31.4 Å². The molecule has 0 spiro atoms. The summed E-state index contributed by atoms with van der Waals surface area (Å²) in [6, 6.07) is 3.40. The Morgan fingerprint density at radius 2 is 2.24 bits per heavy atom. The summed E-state index contributed by atoms with van der Waals surface area (Å²) in [4.78, 5) is 29.1. The Labute approximate surface area is 126 Å². The lowest BCUT2D eigenvalue weighted by atomic mass is 9.97. The average molecular weight is 302 g/mol. The van der Waals surface area contributed by atoms with Gasteiger partial charge in [-0.3, -0.25) is 9.59 Å². The number of carbonyl (C=O) groups excluding carboxylic acids is 2. The minimum Gasteiger partial charge on any atom is -0.461 e. The number of rotatable bonds is 6. The monoisotopic (exact) mass is 302 g/mol. The Kier molecular flexibility index (Phi) is 4.66. The SMILES string of the molecule is CCCc1ncc(C(=O)[C@H](C#N)C(=O)c2occc2C)s1. The summed E-state index contributed by atoms with van der Waals surface area (Å²) in [7, 11) is 0. The molecule has 0 aliphatic heterocycles. The highest BCUT2D eigenvalue weighted by molar-refractivity contribution is 7.13. The molecule has 1 atom stereocenters. The van der Waals surface area contributed by atoms with Crippen molar-refractivity contribution >= 4 is 22.9 Å². The predicted octanol–water partition coefficient (Wildman–Crippen LogP) is 3.20. The highest BCUT2D eigenvalue weighted by Gasteiger charge is 2.32. The fourth-order valence-corrected chi connectivity index (χ4v) is 2.88. The number of aryl methyl sites for hydroxylation is 2. The number of hydrogen-bond acceptors (Lipinski definition) is 6. The van der Waals surface area contributed by atoms with Crippen molar-refractivity contribution in [3.8, 4) is 6.07 Å². The standard InChI is InChI=1S/C15H14N2O3S/c1-3-4-12-17-8-11(21-12)13(18)10(7-16)14(19)15-9(2)5-6-20-15/h5-6,8,10H,3-4H2,1-2H3/t10-/m0/s1. The number of nitriles is 1. The number of Topliss-reactive ketones (excluding diaryl/α,β-unsaturated/α-hetero) is 2. The topological polar surface area (TPSA) is 84.0 Å². The van der Waals surface area contributed by atoms with Crippen LogP contribution in [-0.2, 0) is 6.42 Å². The number of hydrogen-bond donors (Lipinski definition) is 0. The summed E-state index contributed by atoms with van der Waals surface area (Å²) in [6.45, 7) is 3.71. The van der Waals surface area contributed by atoms with Crippen LogP contribution in [-0.4, -0.2) is 16.6 Å². The van der Waals surface area contributed by atoms with E-state index in [9.17, 15) is 14.9 Å². The van der Waals surface area contributed by atoms with Gasteiger partial charge in [-0.15, -0.1) is 11.3 Å². The Hall–Kier alpha value is -2.26. The number of furan rings is 1. The molecule has 2 aromatic heterocycles. The quantitative estimate of drug-likeness (QED) is 0.604. The van der Waals surface area contributed by atoms with Gasteiger partial charge in [0.25, 0.3) is 0 Å². The first-order valence-corrected chi connectivity index (χ1v) is 7.37. The van der Waals surface area contributed by atoms with Gasteiger partial charge in [-0.2, -0.15) is 5.26 Å². The number of carbonyl (C=O) groups is 2.